The molecular weight excluding hydrogens is 252 g/mol. The number of nitriles is 1. The van der Waals surface area contributed by atoms with Crippen molar-refractivity contribution in [3.63, 3.8) is 0 Å². The molecule has 1 aliphatic heterocycles. The molecule has 0 radical (unpaired) electrons. The van der Waals surface area contributed by atoms with Gasteiger partial charge in [0.25, 0.3) is 0 Å². The van der Waals surface area contributed by atoms with E-state index in [1.807, 2.05) is 24.3 Å². The smallest absolute Gasteiger partial charge is 0.147 e. The molecule has 0 spiro atoms. The predicted molar refractivity (Wildman–Crippen MR) is 69.0 cm³/mol. The van der Waals surface area contributed by atoms with Gasteiger partial charge in [0.2, 0.25) is 0 Å². The van der Waals surface area contributed by atoms with E-state index in [0.717, 1.165) is 22.6 Å². The van der Waals surface area contributed by atoms with E-state index in [-0.39, 0.29) is 5.15 Å². The average molecular weight is 259 g/mol. The second-order valence-electron chi connectivity index (χ2n) is 3.73. The van der Waals surface area contributed by atoms with Crippen LogP contribution in [0.3, 0.4) is 0 Å². The summed E-state index contributed by atoms with van der Waals surface area (Å²) >= 11 is 7.75. The molecule has 0 amide bonds. The Morgan fingerprint density at radius 3 is 3.00 bits per heavy atom. The lowest BCUT2D eigenvalue weighted by Gasteiger charge is -2.18. The summed E-state index contributed by atoms with van der Waals surface area (Å²) < 4.78 is 0. The summed E-state index contributed by atoms with van der Waals surface area (Å²) in [5.41, 5.74) is 3.54. The van der Waals surface area contributed by atoms with Crippen molar-refractivity contribution < 1.29 is 0 Å². The van der Waals surface area contributed by atoms with Gasteiger partial charge in [-0.3, -0.25) is 0 Å². The van der Waals surface area contributed by atoms with E-state index in [4.69, 9.17) is 16.9 Å². The molecule has 0 aliphatic carbocycles. The molecular formula is C13H7ClN2S. The van der Waals surface area contributed by atoms with Crippen LogP contribution in [-0.2, 0) is 5.75 Å². The molecule has 4 heteroatoms. The van der Waals surface area contributed by atoms with Crippen LogP contribution >= 0.6 is 23.4 Å². The number of hydrogen-bond acceptors (Lipinski definition) is 3. The van der Waals surface area contributed by atoms with Crippen molar-refractivity contribution >= 4 is 23.4 Å². The van der Waals surface area contributed by atoms with Crippen LogP contribution in [0.5, 0.6) is 0 Å². The standard InChI is InChI=1S/C13H7ClN2S/c14-13-8(6-15)5-9-7-17-11-4-2-1-3-10(11)12(9)16-13/h1-5H,7H2. The molecule has 1 aromatic carbocycles. The third-order valence-electron chi connectivity index (χ3n) is 2.70. The Morgan fingerprint density at radius 2 is 2.18 bits per heavy atom. The third-order valence-corrected chi connectivity index (χ3v) is 4.11. The molecule has 2 nitrogen and oxygen atoms in total. The first-order valence-corrected chi connectivity index (χ1v) is 6.47. The number of fused-ring (bicyclic) bond motifs is 3. The number of nitrogens with zero attached hydrogens (tertiary/aromatic N) is 2. The van der Waals surface area contributed by atoms with Gasteiger partial charge in [-0.05, 0) is 17.7 Å². The molecule has 0 atom stereocenters. The van der Waals surface area contributed by atoms with Gasteiger partial charge in [-0.15, -0.1) is 11.8 Å². The third kappa shape index (κ3) is 1.70. The number of rotatable bonds is 0. The van der Waals surface area contributed by atoms with Gasteiger partial charge in [-0.1, -0.05) is 29.8 Å². The molecule has 0 bridgehead atoms. The highest BCUT2D eigenvalue weighted by Gasteiger charge is 2.19. The van der Waals surface area contributed by atoms with E-state index in [1.165, 1.54) is 4.90 Å². The molecule has 3 rings (SSSR count). The minimum absolute atomic E-state index is 0.285. The average Bonchev–Trinajstić information content (AvgIpc) is 2.38. The van der Waals surface area contributed by atoms with Gasteiger partial charge in [0, 0.05) is 16.2 Å². The zero-order valence-electron chi connectivity index (χ0n) is 8.77. The van der Waals surface area contributed by atoms with E-state index < -0.39 is 0 Å². The van der Waals surface area contributed by atoms with Crippen LogP contribution < -0.4 is 0 Å². The lowest BCUT2D eigenvalue weighted by molar-refractivity contribution is 1.20. The maximum Gasteiger partial charge on any atom is 0.147 e. The van der Waals surface area contributed by atoms with Crippen molar-refractivity contribution in [3.05, 3.63) is 46.6 Å². The fourth-order valence-electron chi connectivity index (χ4n) is 1.90. The van der Waals surface area contributed by atoms with Crippen LogP contribution in [0, 0.1) is 11.3 Å². The SMILES string of the molecule is N#Cc1cc2c(nc1Cl)-c1ccccc1SC2. The predicted octanol–water partition coefficient (Wildman–Crippen LogP) is 3.88. The van der Waals surface area contributed by atoms with Crippen LogP contribution in [0.1, 0.15) is 11.1 Å². The van der Waals surface area contributed by atoms with Crippen molar-refractivity contribution in [2.75, 3.05) is 0 Å². The monoisotopic (exact) mass is 258 g/mol. The van der Waals surface area contributed by atoms with Crippen molar-refractivity contribution in [1.82, 2.24) is 4.98 Å². The second kappa shape index (κ2) is 4.06. The number of thioether (sulfide) groups is 1. The molecule has 2 aromatic rings. The van der Waals surface area contributed by atoms with E-state index in [2.05, 4.69) is 17.1 Å². The largest absolute Gasteiger partial charge is 0.234 e. The Hall–Kier alpha value is -1.50. The zero-order chi connectivity index (χ0) is 11.8. The van der Waals surface area contributed by atoms with Crippen LogP contribution in [0.25, 0.3) is 11.3 Å². The summed E-state index contributed by atoms with van der Waals surface area (Å²) in [6, 6.07) is 12.0. The minimum atomic E-state index is 0.285. The summed E-state index contributed by atoms with van der Waals surface area (Å²) in [4.78, 5) is 5.57. The van der Waals surface area contributed by atoms with Crippen molar-refractivity contribution in [2.24, 2.45) is 0 Å². The molecule has 1 aliphatic rings. The Bertz CT molecular complexity index is 646. The van der Waals surface area contributed by atoms with Gasteiger partial charge in [0.05, 0.1) is 11.3 Å². The van der Waals surface area contributed by atoms with Crippen molar-refractivity contribution in [2.45, 2.75) is 10.6 Å². The number of benzene rings is 1. The van der Waals surface area contributed by atoms with Gasteiger partial charge in [0.1, 0.15) is 11.2 Å². The Kier molecular flexibility index (Phi) is 2.54. The Morgan fingerprint density at radius 1 is 1.35 bits per heavy atom. The van der Waals surface area contributed by atoms with Gasteiger partial charge in [0.15, 0.2) is 0 Å². The second-order valence-corrected chi connectivity index (χ2v) is 5.11. The molecule has 0 unspecified atom stereocenters. The number of pyridine rings is 1. The summed E-state index contributed by atoms with van der Waals surface area (Å²) in [6.07, 6.45) is 0. The van der Waals surface area contributed by atoms with Crippen LogP contribution in [0.4, 0.5) is 0 Å². The van der Waals surface area contributed by atoms with Gasteiger partial charge in [-0.25, -0.2) is 4.98 Å². The molecule has 0 saturated heterocycles. The molecule has 0 fully saturated rings. The molecule has 0 saturated carbocycles. The van der Waals surface area contributed by atoms with Gasteiger partial charge in [-0.2, -0.15) is 5.26 Å². The first-order chi connectivity index (χ1) is 8.29. The highest BCUT2D eigenvalue weighted by Crippen LogP contribution is 2.41. The maximum atomic E-state index is 8.93. The highest BCUT2D eigenvalue weighted by atomic mass is 35.5. The summed E-state index contributed by atoms with van der Waals surface area (Å²) in [5, 5.41) is 9.22. The quantitative estimate of drug-likeness (QED) is 0.673. The van der Waals surface area contributed by atoms with E-state index >= 15 is 0 Å². The van der Waals surface area contributed by atoms with Crippen molar-refractivity contribution in [3.8, 4) is 17.3 Å². The van der Waals surface area contributed by atoms with E-state index in [9.17, 15) is 0 Å². The van der Waals surface area contributed by atoms with Gasteiger partial charge >= 0.3 is 0 Å². The molecule has 1 aromatic heterocycles. The van der Waals surface area contributed by atoms with Crippen LogP contribution in [-0.4, -0.2) is 4.98 Å². The zero-order valence-corrected chi connectivity index (χ0v) is 10.3. The number of halogens is 1. The Labute approximate surface area is 108 Å². The maximum absolute atomic E-state index is 8.93. The lowest BCUT2D eigenvalue weighted by atomic mass is 10.0. The first kappa shape index (κ1) is 10.6. The number of aromatic nitrogens is 1. The molecule has 0 N–H and O–H groups in total. The van der Waals surface area contributed by atoms with E-state index in [0.29, 0.717) is 5.56 Å². The fourth-order valence-corrected chi connectivity index (χ4v) is 3.10. The first-order valence-electron chi connectivity index (χ1n) is 5.11. The number of hydrogen-bond donors (Lipinski definition) is 0. The Balaban J connectivity index is 2.27. The van der Waals surface area contributed by atoms with Crippen LogP contribution in [0.15, 0.2) is 35.2 Å². The highest BCUT2D eigenvalue weighted by molar-refractivity contribution is 7.98. The summed E-state index contributed by atoms with van der Waals surface area (Å²) in [7, 11) is 0. The van der Waals surface area contributed by atoms with Crippen molar-refractivity contribution in [1.29, 1.82) is 5.26 Å². The lowest BCUT2D eigenvalue weighted by Crippen LogP contribution is -2.00. The topological polar surface area (TPSA) is 36.7 Å². The van der Waals surface area contributed by atoms with E-state index in [1.54, 1.807) is 11.8 Å². The summed E-state index contributed by atoms with van der Waals surface area (Å²) in [6.45, 7) is 0. The molecule has 2 heterocycles. The normalized spacial score (nSPS) is 12.5. The summed E-state index contributed by atoms with van der Waals surface area (Å²) in [5.74, 6) is 0.838. The van der Waals surface area contributed by atoms with Gasteiger partial charge < -0.3 is 0 Å². The van der Waals surface area contributed by atoms with Crippen LogP contribution in [0.2, 0.25) is 5.15 Å². The fraction of sp³-hybridized carbons (Fsp3) is 0.0769. The minimum Gasteiger partial charge on any atom is -0.234 e. The molecule has 17 heavy (non-hydrogen) atoms. The molecule has 82 valence electrons.